The number of carbonyl (C=O) groups is 1. The number of rotatable bonds is 3. The zero-order valence-corrected chi connectivity index (χ0v) is 11.1. The van der Waals surface area contributed by atoms with Crippen LogP contribution in [-0.2, 0) is 6.54 Å². The summed E-state index contributed by atoms with van der Waals surface area (Å²) in [7, 11) is 0. The minimum absolute atomic E-state index is 0.0855. The maximum Gasteiger partial charge on any atom is 0.354 e. The fourth-order valence-electron chi connectivity index (χ4n) is 2.04. The molecule has 0 aliphatic rings. The van der Waals surface area contributed by atoms with Gasteiger partial charge >= 0.3 is 5.97 Å². The summed E-state index contributed by atoms with van der Waals surface area (Å²) in [6.07, 6.45) is 5.13. The number of hydrogen-bond donors (Lipinski definition) is 1. The first-order valence-corrected chi connectivity index (χ1v) is 6.21. The van der Waals surface area contributed by atoms with Crippen molar-refractivity contribution in [3.8, 4) is 11.3 Å². The zero-order chi connectivity index (χ0) is 14.3. The van der Waals surface area contributed by atoms with E-state index in [0.717, 1.165) is 17.7 Å². The molecule has 7 nitrogen and oxygen atoms in total. The van der Waals surface area contributed by atoms with Crippen molar-refractivity contribution in [2.75, 3.05) is 0 Å². The Morgan fingerprint density at radius 1 is 1.35 bits per heavy atom. The molecule has 0 atom stereocenters. The van der Waals surface area contributed by atoms with Gasteiger partial charge in [-0.25, -0.2) is 14.3 Å². The quantitative estimate of drug-likeness (QED) is 0.782. The van der Waals surface area contributed by atoms with E-state index >= 15 is 0 Å². The molecule has 0 unspecified atom stereocenters. The SMILES string of the molecule is CCn1cc(-c2cc(C(=O)O)n3ncc(C)c3n2)cn1. The summed E-state index contributed by atoms with van der Waals surface area (Å²) in [5.74, 6) is -1.04. The molecule has 0 bridgehead atoms. The second-order valence-corrected chi connectivity index (χ2v) is 4.48. The van der Waals surface area contributed by atoms with Crippen molar-refractivity contribution in [1.29, 1.82) is 0 Å². The van der Waals surface area contributed by atoms with Gasteiger partial charge in [0.15, 0.2) is 11.3 Å². The van der Waals surface area contributed by atoms with Crippen LogP contribution in [0.15, 0.2) is 24.7 Å². The fraction of sp³-hybridized carbons (Fsp3) is 0.231. The van der Waals surface area contributed by atoms with E-state index in [2.05, 4.69) is 15.2 Å². The van der Waals surface area contributed by atoms with E-state index in [4.69, 9.17) is 0 Å². The van der Waals surface area contributed by atoms with Crippen LogP contribution in [0, 0.1) is 6.92 Å². The third-order valence-corrected chi connectivity index (χ3v) is 3.12. The number of carboxylic acid groups (broad SMARTS) is 1. The maximum absolute atomic E-state index is 11.4. The number of aromatic carboxylic acids is 1. The first kappa shape index (κ1) is 12.3. The van der Waals surface area contributed by atoms with Crippen molar-refractivity contribution in [2.24, 2.45) is 0 Å². The topological polar surface area (TPSA) is 85.3 Å². The van der Waals surface area contributed by atoms with Gasteiger partial charge in [0.2, 0.25) is 0 Å². The number of nitrogens with zero attached hydrogens (tertiary/aromatic N) is 5. The van der Waals surface area contributed by atoms with Crippen LogP contribution in [0.3, 0.4) is 0 Å². The molecule has 0 spiro atoms. The van der Waals surface area contributed by atoms with Crippen LogP contribution < -0.4 is 0 Å². The van der Waals surface area contributed by atoms with E-state index in [9.17, 15) is 9.90 Å². The van der Waals surface area contributed by atoms with Crippen molar-refractivity contribution in [2.45, 2.75) is 20.4 Å². The lowest BCUT2D eigenvalue weighted by Gasteiger charge is -2.03. The highest BCUT2D eigenvalue weighted by molar-refractivity contribution is 5.88. The van der Waals surface area contributed by atoms with Gasteiger partial charge in [-0.15, -0.1) is 0 Å². The Balaban J connectivity index is 2.25. The summed E-state index contributed by atoms with van der Waals surface area (Å²) in [5.41, 5.74) is 2.83. The molecule has 3 rings (SSSR count). The first-order valence-electron chi connectivity index (χ1n) is 6.21. The Labute approximate surface area is 114 Å². The molecule has 0 saturated heterocycles. The predicted molar refractivity (Wildman–Crippen MR) is 71.6 cm³/mol. The Morgan fingerprint density at radius 2 is 2.15 bits per heavy atom. The van der Waals surface area contributed by atoms with Gasteiger partial charge in [-0.3, -0.25) is 4.68 Å². The van der Waals surface area contributed by atoms with Crippen molar-refractivity contribution in [3.63, 3.8) is 0 Å². The van der Waals surface area contributed by atoms with E-state index in [1.807, 2.05) is 20.0 Å². The zero-order valence-electron chi connectivity index (χ0n) is 11.1. The summed E-state index contributed by atoms with van der Waals surface area (Å²) in [4.78, 5) is 15.8. The van der Waals surface area contributed by atoms with E-state index in [0.29, 0.717) is 11.3 Å². The second-order valence-electron chi connectivity index (χ2n) is 4.48. The molecule has 1 N–H and O–H groups in total. The number of aromatic nitrogens is 5. The molecule has 7 heteroatoms. The third kappa shape index (κ3) is 1.83. The number of fused-ring (bicyclic) bond motifs is 1. The van der Waals surface area contributed by atoms with Crippen LogP contribution in [0.25, 0.3) is 16.9 Å². The second kappa shape index (κ2) is 4.44. The highest BCUT2D eigenvalue weighted by atomic mass is 16.4. The molecule has 3 heterocycles. The first-order chi connectivity index (χ1) is 9.60. The molecule has 20 heavy (non-hydrogen) atoms. The Hall–Kier alpha value is -2.70. The molecule has 0 amide bonds. The van der Waals surface area contributed by atoms with Crippen LogP contribution in [0.1, 0.15) is 23.0 Å². The standard InChI is InChI=1S/C13H13N5O2/c1-3-17-7-9(6-14-17)10-4-11(13(19)20)18-12(16-10)8(2)5-15-18/h4-7H,3H2,1-2H3,(H,19,20). The Bertz CT molecular complexity index is 802. The highest BCUT2D eigenvalue weighted by Gasteiger charge is 2.16. The Kier molecular flexibility index (Phi) is 2.74. The molecule has 0 fully saturated rings. The van der Waals surface area contributed by atoms with Gasteiger partial charge in [-0.05, 0) is 19.9 Å². The monoisotopic (exact) mass is 271 g/mol. The lowest BCUT2D eigenvalue weighted by atomic mass is 10.2. The van der Waals surface area contributed by atoms with Crippen molar-refractivity contribution in [3.05, 3.63) is 35.9 Å². The summed E-state index contributed by atoms with van der Waals surface area (Å²) in [6.45, 7) is 4.58. The molecular formula is C13H13N5O2. The van der Waals surface area contributed by atoms with E-state index in [1.165, 1.54) is 10.6 Å². The van der Waals surface area contributed by atoms with Gasteiger partial charge < -0.3 is 5.11 Å². The minimum atomic E-state index is -1.04. The third-order valence-electron chi connectivity index (χ3n) is 3.12. The molecule has 0 aliphatic carbocycles. The number of carboxylic acids is 1. The van der Waals surface area contributed by atoms with Gasteiger partial charge in [0.25, 0.3) is 0 Å². The average molecular weight is 271 g/mol. The fourth-order valence-corrected chi connectivity index (χ4v) is 2.04. The summed E-state index contributed by atoms with van der Waals surface area (Å²) in [6, 6.07) is 1.51. The molecule has 0 radical (unpaired) electrons. The van der Waals surface area contributed by atoms with E-state index in [-0.39, 0.29) is 5.69 Å². The number of hydrogen-bond acceptors (Lipinski definition) is 4. The summed E-state index contributed by atoms with van der Waals surface area (Å²) >= 11 is 0. The van der Waals surface area contributed by atoms with Crippen LogP contribution in [0.4, 0.5) is 0 Å². The normalized spacial score (nSPS) is 11.1. The van der Waals surface area contributed by atoms with Crippen LogP contribution in [0.5, 0.6) is 0 Å². The highest BCUT2D eigenvalue weighted by Crippen LogP contribution is 2.20. The van der Waals surface area contributed by atoms with Crippen LogP contribution in [-0.4, -0.2) is 35.5 Å². The van der Waals surface area contributed by atoms with Gasteiger partial charge in [0.05, 0.1) is 18.1 Å². The lowest BCUT2D eigenvalue weighted by molar-refractivity contribution is 0.0687. The molecule has 3 aromatic rings. The molecule has 102 valence electrons. The van der Waals surface area contributed by atoms with Crippen LogP contribution in [0.2, 0.25) is 0 Å². The van der Waals surface area contributed by atoms with Gasteiger partial charge in [-0.2, -0.15) is 10.2 Å². The molecule has 0 aliphatic heterocycles. The molecule has 0 saturated carbocycles. The minimum Gasteiger partial charge on any atom is -0.477 e. The smallest absolute Gasteiger partial charge is 0.354 e. The number of aryl methyl sites for hydroxylation is 2. The van der Waals surface area contributed by atoms with Crippen molar-refractivity contribution >= 4 is 11.6 Å². The largest absolute Gasteiger partial charge is 0.477 e. The summed E-state index contributed by atoms with van der Waals surface area (Å²) < 4.78 is 3.11. The Morgan fingerprint density at radius 3 is 2.80 bits per heavy atom. The maximum atomic E-state index is 11.4. The lowest BCUT2D eigenvalue weighted by Crippen LogP contribution is -2.08. The van der Waals surface area contributed by atoms with E-state index < -0.39 is 5.97 Å². The molecular weight excluding hydrogens is 258 g/mol. The van der Waals surface area contributed by atoms with Gasteiger partial charge in [0, 0.05) is 23.9 Å². The summed E-state index contributed by atoms with van der Waals surface area (Å²) in [5, 5.41) is 17.5. The predicted octanol–water partition coefficient (Wildman–Crippen LogP) is 1.62. The van der Waals surface area contributed by atoms with Gasteiger partial charge in [0.1, 0.15) is 0 Å². The van der Waals surface area contributed by atoms with Gasteiger partial charge in [-0.1, -0.05) is 0 Å². The average Bonchev–Trinajstić information content (AvgIpc) is 3.05. The van der Waals surface area contributed by atoms with E-state index in [1.54, 1.807) is 17.1 Å². The van der Waals surface area contributed by atoms with Crippen molar-refractivity contribution < 1.29 is 9.90 Å². The molecule has 0 aromatic carbocycles. The van der Waals surface area contributed by atoms with Crippen molar-refractivity contribution in [1.82, 2.24) is 24.4 Å². The molecule has 3 aromatic heterocycles. The van der Waals surface area contributed by atoms with Crippen LogP contribution >= 0.6 is 0 Å².